The molecule has 41 heavy (non-hydrogen) atoms. The summed E-state index contributed by atoms with van der Waals surface area (Å²) in [5.74, 6) is -3.26. The fraction of sp³-hybridized carbons (Fsp3) is 0.677. The number of aromatic hydroxyl groups is 1. The van der Waals surface area contributed by atoms with E-state index >= 15 is 0 Å². The van der Waals surface area contributed by atoms with Gasteiger partial charge in [-0.25, -0.2) is 0 Å². The summed E-state index contributed by atoms with van der Waals surface area (Å²) in [4.78, 5) is 52.5. The number of nitrogens with two attached hydrogens (primary N) is 1. The molecule has 1 aliphatic rings. The summed E-state index contributed by atoms with van der Waals surface area (Å²) in [5, 5.41) is 34.2. The minimum absolute atomic E-state index is 0.0293. The van der Waals surface area contributed by atoms with Gasteiger partial charge in [-0.3, -0.25) is 19.2 Å². The Kier molecular flexibility index (Phi) is 11.9. The topological polar surface area (TPSA) is 170 Å². The largest absolute Gasteiger partial charge is 0.505 e. The van der Waals surface area contributed by atoms with Gasteiger partial charge >= 0.3 is 0 Å². The molecule has 0 aliphatic heterocycles. The van der Waals surface area contributed by atoms with Crippen molar-refractivity contribution in [1.82, 2.24) is 0 Å². The monoisotopic (exact) mass is 575 g/mol. The first-order chi connectivity index (χ1) is 19.0. The third-order valence-corrected chi connectivity index (χ3v) is 7.80. The number of phenols is 1. The van der Waals surface area contributed by atoms with E-state index in [0.29, 0.717) is 30.5 Å². The van der Waals surface area contributed by atoms with Gasteiger partial charge in [-0.1, -0.05) is 34.6 Å². The molecule has 4 atom stereocenters. The number of phenolic OH excluding ortho intramolecular Hbond substituents is 1. The summed E-state index contributed by atoms with van der Waals surface area (Å²) >= 11 is 0. The SMILES string of the molecule is CC(C)C(Nc1cc(N(C)C)c2c(c1O)C(=O)CC(CC(CCO)C(CO)C(=O)CC(N)=O)C2)C(=O)CC(C)(C)C. The number of aliphatic hydroxyl groups is 2. The van der Waals surface area contributed by atoms with E-state index in [4.69, 9.17) is 5.73 Å². The van der Waals surface area contributed by atoms with Gasteiger partial charge < -0.3 is 31.3 Å². The van der Waals surface area contributed by atoms with Gasteiger partial charge in [-0.15, -0.1) is 0 Å². The maximum absolute atomic E-state index is 13.5. The van der Waals surface area contributed by atoms with E-state index in [0.717, 1.165) is 5.69 Å². The molecule has 1 aromatic rings. The molecular formula is C31H49N3O7. The van der Waals surface area contributed by atoms with Crippen LogP contribution in [0.1, 0.15) is 82.6 Å². The predicted molar refractivity (Wildman–Crippen MR) is 159 cm³/mol. The van der Waals surface area contributed by atoms with Gasteiger partial charge in [-0.2, -0.15) is 0 Å². The van der Waals surface area contributed by atoms with Crippen LogP contribution < -0.4 is 16.0 Å². The highest BCUT2D eigenvalue weighted by Gasteiger charge is 2.37. The number of nitrogens with zero attached hydrogens (tertiary/aromatic N) is 1. The van der Waals surface area contributed by atoms with Crippen molar-refractivity contribution in [2.45, 2.75) is 79.2 Å². The number of hydrogen-bond donors (Lipinski definition) is 5. The summed E-state index contributed by atoms with van der Waals surface area (Å²) in [6, 6.07) is 1.22. The molecule has 10 heteroatoms. The molecule has 0 fully saturated rings. The molecule has 1 aromatic carbocycles. The molecule has 1 aliphatic carbocycles. The molecule has 1 amide bonds. The number of hydrogen-bond acceptors (Lipinski definition) is 9. The van der Waals surface area contributed by atoms with Crippen LogP contribution in [0.4, 0.5) is 11.4 Å². The van der Waals surface area contributed by atoms with Crippen molar-refractivity contribution in [1.29, 1.82) is 0 Å². The number of carbonyl (C=O) groups excluding carboxylic acids is 4. The molecule has 10 nitrogen and oxygen atoms in total. The molecule has 0 saturated heterocycles. The zero-order chi connectivity index (χ0) is 31.2. The van der Waals surface area contributed by atoms with Crippen molar-refractivity contribution in [3.8, 4) is 5.75 Å². The Balaban J connectivity index is 2.45. The Morgan fingerprint density at radius 2 is 1.76 bits per heavy atom. The van der Waals surface area contributed by atoms with Crippen LogP contribution in [0.2, 0.25) is 0 Å². The number of anilines is 2. The van der Waals surface area contributed by atoms with Crippen LogP contribution in [-0.4, -0.2) is 71.9 Å². The first kappa shape index (κ1) is 34.2. The van der Waals surface area contributed by atoms with Gasteiger partial charge in [0.15, 0.2) is 11.6 Å². The maximum Gasteiger partial charge on any atom is 0.224 e. The predicted octanol–water partition coefficient (Wildman–Crippen LogP) is 3.09. The highest BCUT2D eigenvalue weighted by atomic mass is 16.3. The van der Waals surface area contributed by atoms with Crippen LogP contribution in [0, 0.1) is 29.1 Å². The molecule has 0 aromatic heterocycles. The number of amides is 1. The van der Waals surface area contributed by atoms with E-state index in [-0.39, 0.29) is 59.6 Å². The molecule has 4 unspecified atom stereocenters. The van der Waals surface area contributed by atoms with Crippen molar-refractivity contribution in [3.63, 3.8) is 0 Å². The second kappa shape index (κ2) is 14.3. The minimum Gasteiger partial charge on any atom is -0.505 e. The summed E-state index contributed by atoms with van der Waals surface area (Å²) in [5.41, 5.74) is 6.95. The molecule has 230 valence electrons. The summed E-state index contributed by atoms with van der Waals surface area (Å²) in [6.45, 7) is 9.17. The number of ketones is 3. The molecule has 0 spiro atoms. The van der Waals surface area contributed by atoms with E-state index in [1.165, 1.54) is 0 Å². The number of aliphatic hydroxyl groups excluding tert-OH is 2. The molecule has 0 saturated carbocycles. The Bertz CT molecular complexity index is 1120. The standard InChI is InChI=1S/C31H49N3O7/c1-17(2)29(26(39)15-31(3,4)5)33-22-13-23(34(6)7)20-11-18(12-25(38)28(20)30(22)41)10-19(8-9-35)21(16-36)24(37)14-27(32)40/h13,17-19,21,29,33,35-36,41H,8-12,14-16H2,1-7H3,(H2,32,40). The molecule has 0 bridgehead atoms. The van der Waals surface area contributed by atoms with Crippen LogP contribution in [0.15, 0.2) is 6.07 Å². The van der Waals surface area contributed by atoms with Crippen molar-refractivity contribution >= 4 is 34.6 Å². The maximum atomic E-state index is 13.5. The lowest BCUT2D eigenvalue weighted by atomic mass is 9.73. The van der Waals surface area contributed by atoms with Crippen LogP contribution in [-0.2, 0) is 20.8 Å². The summed E-state index contributed by atoms with van der Waals surface area (Å²) in [6.07, 6.45) is 0.999. The Hall–Kier alpha value is -2.98. The smallest absolute Gasteiger partial charge is 0.224 e. The molecular weight excluding hydrogens is 526 g/mol. The highest BCUT2D eigenvalue weighted by Crippen LogP contribution is 2.44. The number of nitrogens with one attached hydrogen (secondary N) is 1. The zero-order valence-electron chi connectivity index (χ0n) is 25.6. The molecule has 0 radical (unpaired) electrons. The van der Waals surface area contributed by atoms with Crippen molar-refractivity contribution in [2.24, 2.45) is 34.8 Å². The van der Waals surface area contributed by atoms with Crippen LogP contribution in [0.3, 0.4) is 0 Å². The second-order valence-corrected chi connectivity index (χ2v) is 13.2. The number of primary amides is 1. The quantitative estimate of drug-likeness (QED) is 0.156. The van der Waals surface area contributed by atoms with Crippen molar-refractivity contribution < 1.29 is 34.5 Å². The third kappa shape index (κ3) is 9.00. The molecule has 0 heterocycles. The summed E-state index contributed by atoms with van der Waals surface area (Å²) < 4.78 is 0. The normalized spacial score (nSPS) is 17.5. The average Bonchev–Trinajstić information content (AvgIpc) is 2.81. The first-order valence-electron chi connectivity index (χ1n) is 14.4. The number of fused-ring (bicyclic) bond motifs is 1. The van der Waals surface area contributed by atoms with E-state index in [1.54, 1.807) is 6.07 Å². The van der Waals surface area contributed by atoms with Gasteiger partial charge in [0.05, 0.1) is 30.3 Å². The average molecular weight is 576 g/mol. The molecule has 6 N–H and O–H groups in total. The van der Waals surface area contributed by atoms with Crippen molar-refractivity contribution in [2.75, 3.05) is 37.5 Å². The fourth-order valence-electron chi connectivity index (χ4n) is 5.92. The van der Waals surface area contributed by atoms with E-state index in [1.807, 2.05) is 53.6 Å². The van der Waals surface area contributed by atoms with Crippen LogP contribution in [0.25, 0.3) is 0 Å². The van der Waals surface area contributed by atoms with Gasteiger partial charge in [0, 0.05) is 45.1 Å². The minimum atomic E-state index is -0.877. The highest BCUT2D eigenvalue weighted by molar-refractivity contribution is 6.05. The Labute approximate surface area is 243 Å². The van der Waals surface area contributed by atoms with Crippen LogP contribution >= 0.6 is 0 Å². The van der Waals surface area contributed by atoms with Gasteiger partial charge in [0.2, 0.25) is 5.91 Å². The fourth-order valence-corrected chi connectivity index (χ4v) is 5.92. The van der Waals surface area contributed by atoms with E-state index in [9.17, 15) is 34.5 Å². The van der Waals surface area contributed by atoms with Crippen LogP contribution in [0.5, 0.6) is 5.75 Å². The third-order valence-electron chi connectivity index (χ3n) is 7.80. The Morgan fingerprint density at radius 3 is 2.24 bits per heavy atom. The first-order valence-corrected chi connectivity index (χ1v) is 14.4. The zero-order valence-corrected chi connectivity index (χ0v) is 25.6. The van der Waals surface area contributed by atoms with Gasteiger partial charge in [0.25, 0.3) is 0 Å². The van der Waals surface area contributed by atoms with Crippen molar-refractivity contribution in [3.05, 3.63) is 17.2 Å². The summed E-state index contributed by atoms with van der Waals surface area (Å²) in [7, 11) is 3.68. The molecule has 2 rings (SSSR count). The lowest BCUT2D eigenvalue weighted by Crippen LogP contribution is -2.37. The van der Waals surface area contributed by atoms with E-state index < -0.39 is 42.6 Å². The number of carbonyl (C=O) groups is 4. The second-order valence-electron chi connectivity index (χ2n) is 13.2. The number of benzene rings is 1. The van der Waals surface area contributed by atoms with E-state index in [2.05, 4.69) is 5.32 Å². The number of rotatable bonds is 15. The lowest BCUT2D eigenvalue weighted by Gasteiger charge is -2.34. The lowest BCUT2D eigenvalue weighted by molar-refractivity contribution is -0.131. The number of Topliss-reactive ketones (excluding diaryl/α,β-unsaturated/α-hetero) is 3. The Morgan fingerprint density at radius 1 is 1.12 bits per heavy atom. The van der Waals surface area contributed by atoms with Gasteiger partial charge in [-0.05, 0) is 54.1 Å². The van der Waals surface area contributed by atoms with Gasteiger partial charge in [0.1, 0.15) is 11.5 Å².